The van der Waals surface area contributed by atoms with Crippen LogP contribution in [0.25, 0.3) is 0 Å². The summed E-state index contributed by atoms with van der Waals surface area (Å²) in [6.45, 7) is 3.67. The van der Waals surface area contributed by atoms with Crippen molar-refractivity contribution in [2.45, 2.75) is 25.8 Å². The van der Waals surface area contributed by atoms with Crippen molar-refractivity contribution in [3.8, 4) is 0 Å². The standard InChI is InChI=1S/C19H22ClN/c20-19-8-4-7-18(14-19)15-21-11-9-17(10-12-21)13-16-5-2-1-3-6-16/h1-8,14,17H,9-13,15H2/p+1. The van der Waals surface area contributed by atoms with Crippen molar-refractivity contribution in [2.24, 2.45) is 5.92 Å². The van der Waals surface area contributed by atoms with Gasteiger partial charge in [0.05, 0.1) is 13.1 Å². The van der Waals surface area contributed by atoms with E-state index < -0.39 is 0 Å². The molecule has 21 heavy (non-hydrogen) atoms. The molecule has 2 heteroatoms. The van der Waals surface area contributed by atoms with E-state index in [4.69, 9.17) is 11.6 Å². The number of likely N-dealkylation sites (tertiary alicyclic amines) is 1. The van der Waals surface area contributed by atoms with Crippen molar-refractivity contribution in [1.82, 2.24) is 0 Å². The minimum absolute atomic E-state index is 0.853. The van der Waals surface area contributed by atoms with Gasteiger partial charge in [0.25, 0.3) is 0 Å². The molecule has 1 nitrogen and oxygen atoms in total. The number of hydrogen-bond acceptors (Lipinski definition) is 0. The van der Waals surface area contributed by atoms with Crippen LogP contribution in [0.2, 0.25) is 5.02 Å². The molecule has 1 N–H and O–H groups in total. The van der Waals surface area contributed by atoms with Gasteiger partial charge in [-0.25, -0.2) is 0 Å². The Bertz CT molecular complexity index is 559. The Morgan fingerprint density at radius 2 is 1.62 bits per heavy atom. The lowest BCUT2D eigenvalue weighted by Gasteiger charge is -2.29. The first-order chi connectivity index (χ1) is 10.3. The van der Waals surface area contributed by atoms with Gasteiger partial charge < -0.3 is 4.90 Å². The van der Waals surface area contributed by atoms with Crippen molar-refractivity contribution >= 4 is 11.6 Å². The predicted octanol–water partition coefficient (Wildman–Crippen LogP) is 3.38. The van der Waals surface area contributed by atoms with Crippen LogP contribution in [0.3, 0.4) is 0 Å². The quantitative estimate of drug-likeness (QED) is 0.883. The molecule has 0 aromatic heterocycles. The zero-order valence-corrected chi connectivity index (χ0v) is 13.2. The highest BCUT2D eigenvalue weighted by Crippen LogP contribution is 2.17. The van der Waals surface area contributed by atoms with Crippen LogP contribution in [0.4, 0.5) is 0 Å². The van der Waals surface area contributed by atoms with Crippen molar-refractivity contribution < 1.29 is 4.90 Å². The third-order valence-electron chi connectivity index (χ3n) is 4.52. The molecule has 0 bridgehead atoms. The third kappa shape index (κ3) is 4.33. The van der Waals surface area contributed by atoms with Gasteiger partial charge in [-0.2, -0.15) is 0 Å². The summed E-state index contributed by atoms with van der Waals surface area (Å²) >= 11 is 6.07. The second-order valence-electron chi connectivity index (χ2n) is 6.19. The molecule has 3 rings (SSSR count). The van der Waals surface area contributed by atoms with E-state index in [2.05, 4.69) is 48.5 Å². The van der Waals surface area contributed by atoms with E-state index in [1.807, 2.05) is 6.07 Å². The van der Waals surface area contributed by atoms with Gasteiger partial charge in [-0.3, -0.25) is 0 Å². The molecule has 1 aliphatic heterocycles. The van der Waals surface area contributed by atoms with E-state index in [-0.39, 0.29) is 0 Å². The molecule has 0 aliphatic carbocycles. The lowest BCUT2D eigenvalue weighted by Crippen LogP contribution is -3.11. The molecule has 0 saturated carbocycles. The number of halogens is 1. The monoisotopic (exact) mass is 300 g/mol. The summed E-state index contributed by atoms with van der Waals surface area (Å²) < 4.78 is 0. The zero-order chi connectivity index (χ0) is 14.5. The SMILES string of the molecule is Clc1cccc(C[NH+]2CCC(Cc3ccccc3)CC2)c1. The molecule has 0 amide bonds. The highest BCUT2D eigenvalue weighted by molar-refractivity contribution is 6.30. The average molecular weight is 301 g/mol. The number of quaternary nitrogens is 1. The Kier molecular flexibility index (Phi) is 4.95. The molecule has 1 heterocycles. The fourth-order valence-electron chi connectivity index (χ4n) is 3.35. The fraction of sp³-hybridized carbons (Fsp3) is 0.368. The maximum atomic E-state index is 6.07. The van der Waals surface area contributed by atoms with Crippen molar-refractivity contribution in [2.75, 3.05) is 13.1 Å². The highest BCUT2D eigenvalue weighted by Gasteiger charge is 2.22. The summed E-state index contributed by atoms with van der Waals surface area (Å²) in [7, 11) is 0. The van der Waals surface area contributed by atoms with Crippen LogP contribution in [0.15, 0.2) is 54.6 Å². The van der Waals surface area contributed by atoms with Crippen LogP contribution in [0.5, 0.6) is 0 Å². The maximum absolute atomic E-state index is 6.07. The van der Waals surface area contributed by atoms with Crippen LogP contribution in [-0.2, 0) is 13.0 Å². The topological polar surface area (TPSA) is 4.44 Å². The number of piperidine rings is 1. The van der Waals surface area contributed by atoms with E-state index in [1.54, 1.807) is 4.90 Å². The summed E-state index contributed by atoms with van der Waals surface area (Å²) in [6.07, 6.45) is 3.92. The van der Waals surface area contributed by atoms with Crippen molar-refractivity contribution in [3.63, 3.8) is 0 Å². The Morgan fingerprint density at radius 1 is 0.905 bits per heavy atom. The fourth-order valence-corrected chi connectivity index (χ4v) is 3.56. The molecule has 2 aromatic rings. The van der Waals surface area contributed by atoms with Crippen molar-refractivity contribution in [1.29, 1.82) is 0 Å². The summed E-state index contributed by atoms with van der Waals surface area (Å²) in [4.78, 5) is 1.70. The summed E-state index contributed by atoms with van der Waals surface area (Å²) in [6, 6.07) is 19.2. The second kappa shape index (κ2) is 7.11. The molecule has 110 valence electrons. The molecule has 0 atom stereocenters. The number of nitrogens with one attached hydrogen (secondary N) is 1. The van der Waals surface area contributed by atoms with Crippen LogP contribution < -0.4 is 4.90 Å². The Hall–Kier alpha value is -1.31. The second-order valence-corrected chi connectivity index (χ2v) is 6.63. The smallest absolute Gasteiger partial charge is 0.103 e. The minimum atomic E-state index is 0.853. The van der Waals surface area contributed by atoms with Gasteiger partial charge in [-0.1, -0.05) is 54.1 Å². The van der Waals surface area contributed by atoms with Gasteiger partial charge in [0.15, 0.2) is 0 Å². The molecule has 2 aromatic carbocycles. The molecule has 0 radical (unpaired) electrons. The first-order valence-electron chi connectivity index (χ1n) is 7.91. The largest absolute Gasteiger partial charge is 0.331 e. The lowest BCUT2D eigenvalue weighted by atomic mass is 9.90. The van der Waals surface area contributed by atoms with Gasteiger partial charge in [-0.15, -0.1) is 0 Å². The van der Waals surface area contributed by atoms with E-state index in [9.17, 15) is 0 Å². The van der Waals surface area contributed by atoms with Gasteiger partial charge in [-0.05, 0) is 42.9 Å². The summed E-state index contributed by atoms with van der Waals surface area (Å²) in [5.41, 5.74) is 2.85. The van der Waals surface area contributed by atoms with E-state index in [0.717, 1.165) is 17.5 Å². The van der Waals surface area contributed by atoms with Crippen LogP contribution in [-0.4, -0.2) is 13.1 Å². The van der Waals surface area contributed by atoms with Gasteiger partial charge in [0.2, 0.25) is 0 Å². The minimum Gasteiger partial charge on any atom is -0.331 e. The maximum Gasteiger partial charge on any atom is 0.103 e. The normalized spacial score (nSPS) is 22.1. The molecule has 0 spiro atoms. The molecular formula is C19H23ClN+. The lowest BCUT2D eigenvalue weighted by molar-refractivity contribution is -0.919. The number of benzene rings is 2. The number of rotatable bonds is 4. The van der Waals surface area contributed by atoms with Gasteiger partial charge in [0.1, 0.15) is 6.54 Å². The summed E-state index contributed by atoms with van der Waals surface area (Å²) in [5.74, 6) is 0.857. The average Bonchev–Trinajstić information content (AvgIpc) is 2.50. The van der Waals surface area contributed by atoms with Gasteiger partial charge >= 0.3 is 0 Å². The Balaban J connectivity index is 1.49. The van der Waals surface area contributed by atoms with Crippen LogP contribution in [0.1, 0.15) is 24.0 Å². The summed E-state index contributed by atoms with van der Waals surface area (Å²) in [5, 5.41) is 0.853. The first kappa shape index (κ1) is 14.6. The Labute approximate surface area is 132 Å². The molecule has 1 aliphatic rings. The van der Waals surface area contributed by atoms with E-state index in [0.29, 0.717) is 0 Å². The van der Waals surface area contributed by atoms with E-state index >= 15 is 0 Å². The van der Waals surface area contributed by atoms with Crippen molar-refractivity contribution in [3.05, 3.63) is 70.7 Å². The third-order valence-corrected chi connectivity index (χ3v) is 4.76. The van der Waals surface area contributed by atoms with Crippen LogP contribution >= 0.6 is 11.6 Å². The van der Waals surface area contributed by atoms with Gasteiger partial charge in [0, 0.05) is 10.6 Å². The molecule has 1 fully saturated rings. The molecule has 1 saturated heterocycles. The molecule has 0 unspecified atom stereocenters. The molecular weight excluding hydrogens is 278 g/mol. The van der Waals surface area contributed by atoms with E-state index in [1.165, 1.54) is 43.5 Å². The first-order valence-corrected chi connectivity index (χ1v) is 8.29. The predicted molar refractivity (Wildman–Crippen MR) is 88.7 cm³/mol. The number of hydrogen-bond donors (Lipinski definition) is 1. The zero-order valence-electron chi connectivity index (χ0n) is 12.4. The Morgan fingerprint density at radius 3 is 2.33 bits per heavy atom. The van der Waals surface area contributed by atoms with Crippen LogP contribution in [0, 0.1) is 5.92 Å². The highest BCUT2D eigenvalue weighted by atomic mass is 35.5.